The van der Waals surface area contributed by atoms with Gasteiger partial charge in [-0.1, -0.05) is 17.7 Å². The summed E-state index contributed by atoms with van der Waals surface area (Å²) in [6, 6.07) is 6.70. The molecule has 0 amide bonds. The van der Waals surface area contributed by atoms with Crippen molar-refractivity contribution < 1.29 is 0 Å². The van der Waals surface area contributed by atoms with Crippen LogP contribution in [-0.2, 0) is 6.54 Å². The Balaban J connectivity index is 1.63. The van der Waals surface area contributed by atoms with Crippen LogP contribution in [0.25, 0.3) is 5.65 Å². The van der Waals surface area contributed by atoms with E-state index < -0.39 is 0 Å². The molecular weight excluding hydrogens is 222 g/mol. The highest BCUT2D eigenvalue weighted by Crippen LogP contribution is 2.17. The van der Waals surface area contributed by atoms with Crippen molar-refractivity contribution in [2.45, 2.75) is 38.8 Å². The molecule has 0 spiro atoms. The van der Waals surface area contributed by atoms with E-state index in [9.17, 15) is 0 Å². The average molecular weight is 241 g/mol. The van der Waals surface area contributed by atoms with Gasteiger partial charge >= 0.3 is 0 Å². The first-order valence-corrected chi connectivity index (χ1v) is 6.63. The largest absolute Gasteiger partial charge is 0.308 e. The Hall–Kier alpha value is -1.61. The molecule has 0 aromatic carbocycles. The van der Waals surface area contributed by atoms with E-state index in [0.717, 1.165) is 24.3 Å². The van der Waals surface area contributed by atoms with Gasteiger partial charge in [0.15, 0.2) is 0 Å². The van der Waals surface area contributed by atoms with E-state index in [4.69, 9.17) is 0 Å². The van der Waals surface area contributed by atoms with Crippen LogP contribution in [0.5, 0.6) is 0 Å². The van der Waals surface area contributed by atoms with Gasteiger partial charge in [-0.25, -0.2) is 4.98 Å². The number of nitrogens with zero attached hydrogens (tertiary/aromatic N) is 2. The number of hydrogen-bond donors (Lipinski definition) is 1. The third-order valence-corrected chi connectivity index (χ3v) is 3.62. The Morgan fingerprint density at radius 2 is 2.39 bits per heavy atom. The zero-order valence-corrected chi connectivity index (χ0v) is 10.8. The molecule has 1 atom stereocenters. The first-order valence-electron chi connectivity index (χ1n) is 6.63. The van der Waals surface area contributed by atoms with Crippen molar-refractivity contribution in [3.63, 3.8) is 0 Å². The van der Waals surface area contributed by atoms with Crippen molar-refractivity contribution in [2.24, 2.45) is 0 Å². The standard InChI is InChI=1S/C15H19N3/c1-12-5-7-13(8-6-12)16-10-14-11-18-9-3-2-4-15(18)17-14/h2-5,9,11,13,16H,6-8,10H2,1H3/t13-/m1/s1. The Bertz CT molecular complexity index is 535. The fraction of sp³-hybridized carbons (Fsp3) is 0.400. The van der Waals surface area contributed by atoms with Gasteiger partial charge in [0, 0.05) is 25.0 Å². The first kappa shape index (κ1) is 11.5. The van der Waals surface area contributed by atoms with E-state index in [1.165, 1.54) is 18.4 Å². The van der Waals surface area contributed by atoms with Gasteiger partial charge in [-0.2, -0.15) is 0 Å². The molecule has 0 saturated heterocycles. The second kappa shape index (κ2) is 4.94. The van der Waals surface area contributed by atoms with Crippen molar-refractivity contribution in [1.29, 1.82) is 0 Å². The molecule has 3 nitrogen and oxygen atoms in total. The Labute approximate surface area is 108 Å². The lowest BCUT2D eigenvalue weighted by atomic mass is 9.96. The third kappa shape index (κ3) is 2.46. The molecule has 2 aromatic rings. The zero-order chi connectivity index (χ0) is 12.4. The molecule has 94 valence electrons. The van der Waals surface area contributed by atoms with Crippen LogP contribution in [0.3, 0.4) is 0 Å². The molecule has 18 heavy (non-hydrogen) atoms. The minimum Gasteiger partial charge on any atom is -0.308 e. The maximum Gasteiger partial charge on any atom is 0.137 e. The predicted molar refractivity (Wildman–Crippen MR) is 73.4 cm³/mol. The number of allylic oxidation sites excluding steroid dienone is 1. The molecule has 0 saturated carbocycles. The SMILES string of the molecule is CC1=CC[C@@H](NCc2cn3ccccc3n2)CC1. The smallest absolute Gasteiger partial charge is 0.137 e. The third-order valence-electron chi connectivity index (χ3n) is 3.62. The van der Waals surface area contributed by atoms with Crippen molar-refractivity contribution in [2.75, 3.05) is 0 Å². The van der Waals surface area contributed by atoms with E-state index in [1.54, 1.807) is 0 Å². The van der Waals surface area contributed by atoms with Gasteiger partial charge in [0.05, 0.1) is 5.69 Å². The quantitative estimate of drug-likeness (QED) is 0.837. The highest BCUT2D eigenvalue weighted by atomic mass is 15.0. The maximum atomic E-state index is 4.60. The summed E-state index contributed by atoms with van der Waals surface area (Å²) in [7, 11) is 0. The predicted octanol–water partition coefficient (Wildman–Crippen LogP) is 2.92. The van der Waals surface area contributed by atoms with Crippen LogP contribution in [0.4, 0.5) is 0 Å². The van der Waals surface area contributed by atoms with Crippen molar-refractivity contribution >= 4 is 5.65 Å². The molecule has 3 heteroatoms. The minimum atomic E-state index is 0.610. The van der Waals surface area contributed by atoms with E-state index in [0.29, 0.717) is 6.04 Å². The molecule has 1 aliphatic rings. The number of aromatic nitrogens is 2. The Morgan fingerprint density at radius 1 is 1.44 bits per heavy atom. The summed E-state index contributed by atoms with van der Waals surface area (Å²) in [6.07, 6.45) is 10.1. The second-order valence-corrected chi connectivity index (χ2v) is 5.10. The van der Waals surface area contributed by atoms with Crippen LogP contribution in [0.2, 0.25) is 0 Å². The summed E-state index contributed by atoms with van der Waals surface area (Å²) in [5, 5.41) is 3.60. The summed E-state index contributed by atoms with van der Waals surface area (Å²) < 4.78 is 2.07. The maximum absolute atomic E-state index is 4.60. The number of pyridine rings is 1. The molecule has 3 rings (SSSR count). The van der Waals surface area contributed by atoms with Crippen molar-refractivity contribution in [3.05, 3.63) is 47.9 Å². The fourth-order valence-corrected chi connectivity index (χ4v) is 2.47. The van der Waals surface area contributed by atoms with Crippen LogP contribution in [0, 0.1) is 0 Å². The molecule has 2 heterocycles. The highest BCUT2D eigenvalue weighted by Gasteiger charge is 2.12. The fourth-order valence-electron chi connectivity index (χ4n) is 2.47. The van der Waals surface area contributed by atoms with Crippen molar-refractivity contribution in [3.8, 4) is 0 Å². The number of hydrogen-bond acceptors (Lipinski definition) is 2. The summed E-state index contributed by atoms with van der Waals surface area (Å²) in [5.74, 6) is 0. The zero-order valence-electron chi connectivity index (χ0n) is 10.8. The molecule has 1 N–H and O–H groups in total. The van der Waals surface area contributed by atoms with E-state index in [-0.39, 0.29) is 0 Å². The lowest BCUT2D eigenvalue weighted by Crippen LogP contribution is -2.29. The van der Waals surface area contributed by atoms with Gasteiger partial charge in [0.1, 0.15) is 5.65 Å². The molecule has 0 bridgehead atoms. The topological polar surface area (TPSA) is 29.3 Å². The summed E-state index contributed by atoms with van der Waals surface area (Å²) in [6.45, 7) is 3.08. The first-order chi connectivity index (χ1) is 8.81. The van der Waals surface area contributed by atoms with E-state index >= 15 is 0 Å². The molecule has 0 unspecified atom stereocenters. The Kier molecular flexibility index (Phi) is 3.15. The average Bonchev–Trinajstić information content (AvgIpc) is 2.81. The van der Waals surface area contributed by atoms with Gasteiger partial charge in [0.25, 0.3) is 0 Å². The number of fused-ring (bicyclic) bond motifs is 1. The van der Waals surface area contributed by atoms with Gasteiger partial charge < -0.3 is 9.72 Å². The molecular formula is C15H19N3. The monoisotopic (exact) mass is 241 g/mol. The lowest BCUT2D eigenvalue weighted by Gasteiger charge is -2.21. The second-order valence-electron chi connectivity index (χ2n) is 5.10. The molecule has 1 aliphatic carbocycles. The van der Waals surface area contributed by atoms with Crippen LogP contribution in [0.1, 0.15) is 31.9 Å². The van der Waals surface area contributed by atoms with Gasteiger partial charge in [0.2, 0.25) is 0 Å². The van der Waals surface area contributed by atoms with Crippen LogP contribution in [-0.4, -0.2) is 15.4 Å². The molecule has 0 aliphatic heterocycles. The molecule has 0 radical (unpaired) electrons. The summed E-state index contributed by atoms with van der Waals surface area (Å²) in [4.78, 5) is 4.60. The van der Waals surface area contributed by atoms with Gasteiger partial charge in [-0.15, -0.1) is 0 Å². The van der Waals surface area contributed by atoms with Gasteiger partial charge in [-0.05, 0) is 38.3 Å². The summed E-state index contributed by atoms with van der Waals surface area (Å²) >= 11 is 0. The Morgan fingerprint density at radius 3 is 3.17 bits per heavy atom. The number of rotatable bonds is 3. The number of nitrogens with one attached hydrogen (secondary N) is 1. The molecule has 0 fully saturated rings. The van der Waals surface area contributed by atoms with Crippen LogP contribution < -0.4 is 5.32 Å². The van der Waals surface area contributed by atoms with E-state index in [2.05, 4.69) is 33.9 Å². The minimum absolute atomic E-state index is 0.610. The highest BCUT2D eigenvalue weighted by molar-refractivity contribution is 5.39. The normalized spacial score (nSPS) is 20.1. The van der Waals surface area contributed by atoms with Crippen molar-refractivity contribution in [1.82, 2.24) is 14.7 Å². The summed E-state index contributed by atoms with van der Waals surface area (Å²) in [5.41, 5.74) is 3.67. The van der Waals surface area contributed by atoms with Crippen LogP contribution in [0.15, 0.2) is 42.2 Å². The van der Waals surface area contributed by atoms with Gasteiger partial charge in [-0.3, -0.25) is 0 Å². The van der Waals surface area contributed by atoms with E-state index in [1.807, 2.05) is 24.4 Å². The number of imidazole rings is 1. The molecule has 2 aromatic heterocycles. The van der Waals surface area contributed by atoms with Crippen LogP contribution >= 0.6 is 0 Å². The lowest BCUT2D eigenvalue weighted by molar-refractivity contribution is 0.464.